The predicted octanol–water partition coefficient (Wildman–Crippen LogP) is 3.23. The van der Waals surface area contributed by atoms with Crippen molar-refractivity contribution < 1.29 is 19.5 Å². The molecule has 1 aromatic heterocycles. The van der Waals surface area contributed by atoms with E-state index in [-0.39, 0.29) is 18.2 Å². The first-order valence-corrected chi connectivity index (χ1v) is 17.2. The van der Waals surface area contributed by atoms with Crippen LogP contribution in [0.3, 0.4) is 0 Å². The molecular formula is C36H44N8O4. The lowest BCUT2D eigenvalue weighted by atomic mass is 9.83. The van der Waals surface area contributed by atoms with Crippen LogP contribution in [-0.2, 0) is 28.3 Å². The molecule has 12 heteroatoms. The lowest BCUT2D eigenvalue weighted by molar-refractivity contribution is -0.136. The molecule has 3 fully saturated rings. The topological polar surface area (TPSA) is 143 Å². The number of aliphatic hydroxyl groups is 1. The molecule has 252 valence electrons. The summed E-state index contributed by atoms with van der Waals surface area (Å²) < 4.78 is 0. The molecule has 3 amide bonds. The molecule has 0 saturated carbocycles. The molecule has 3 saturated heterocycles. The number of anilines is 3. The van der Waals surface area contributed by atoms with Gasteiger partial charge in [0.05, 0.1) is 5.60 Å². The molecule has 1 unspecified atom stereocenters. The minimum Gasteiger partial charge on any atom is -0.385 e. The van der Waals surface area contributed by atoms with Crippen LogP contribution in [0.4, 0.5) is 17.5 Å². The highest BCUT2D eigenvalue weighted by atomic mass is 16.3. The van der Waals surface area contributed by atoms with Crippen molar-refractivity contribution in [3.8, 4) is 0 Å². The third-order valence-corrected chi connectivity index (χ3v) is 10.3. The van der Waals surface area contributed by atoms with Crippen molar-refractivity contribution >= 4 is 35.2 Å². The van der Waals surface area contributed by atoms with Gasteiger partial charge in [-0.15, -0.1) is 0 Å². The zero-order valence-corrected chi connectivity index (χ0v) is 27.5. The van der Waals surface area contributed by atoms with E-state index in [0.29, 0.717) is 43.4 Å². The monoisotopic (exact) mass is 652 g/mol. The summed E-state index contributed by atoms with van der Waals surface area (Å²) in [4.78, 5) is 52.4. The summed E-state index contributed by atoms with van der Waals surface area (Å²) in [6.07, 6.45) is 5.58. The summed E-state index contributed by atoms with van der Waals surface area (Å²) >= 11 is 0. The molecule has 4 N–H and O–H groups in total. The molecule has 5 heterocycles. The van der Waals surface area contributed by atoms with Gasteiger partial charge >= 0.3 is 0 Å². The number of hydrogen-bond donors (Lipinski definition) is 4. The Kier molecular flexibility index (Phi) is 9.02. The fraction of sp³-hybridized carbons (Fsp3) is 0.472. The molecule has 12 nitrogen and oxygen atoms in total. The Morgan fingerprint density at radius 1 is 0.979 bits per heavy atom. The average molecular weight is 653 g/mol. The molecule has 48 heavy (non-hydrogen) atoms. The fourth-order valence-electron chi connectivity index (χ4n) is 7.48. The number of imide groups is 1. The lowest BCUT2D eigenvalue weighted by Crippen LogP contribution is -2.52. The Balaban J connectivity index is 0.892. The SMILES string of the molecule is CCNc1ccnc(NC2CCN(c3ccc(CN4CCC(O)(c5ccc6c(c5)CN(C5CCC(=O)NC5=O)C6=O)CC4)cc3)CC2)n1. The van der Waals surface area contributed by atoms with Crippen LogP contribution in [0.5, 0.6) is 0 Å². The van der Waals surface area contributed by atoms with Gasteiger partial charge in [-0.3, -0.25) is 24.6 Å². The first-order chi connectivity index (χ1) is 23.3. The van der Waals surface area contributed by atoms with Crippen LogP contribution in [0.1, 0.15) is 72.5 Å². The van der Waals surface area contributed by atoms with Crippen LogP contribution < -0.4 is 20.9 Å². The summed E-state index contributed by atoms with van der Waals surface area (Å²) in [7, 11) is 0. The Morgan fingerprint density at radius 2 is 1.75 bits per heavy atom. The van der Waals surface area contributed by atoms with Crippen LogP contribution >= 0.6 is 0 Å². The number of amides is 3. The summed E-state index contributed by atoms with van der Waals surface area (Å²) in [6, 6.07) is 16.0. The van der Waals surface area contributed by atoms with Crippen LogP contribution in [-0.4, -0.2) is 87.4 Å². The maximum absolute atomic E-state index is 13.1. The zero-order valence-electron chi connectivity index (χ0n) is 27.5. The van der Waals surface area contributed by atoms with Gasteiger partial charge in [0.2, 0.25) is 17.8 Å². The number of likely N-dealkylation sites (tertiary alicyclic amines) is 1. The number of piperidine rings is 3. The van der Waals surface area contributed by atoms with Crippen LogP contribution in [0.25, 0.3) is 0 Å². The summed E-state index contributed by atoms with van der Waals surface area (Å²) in [5.41, 5.74) is 3.72. The second-order valence-corrected chi connectivity index (χ2v) is 13.4. The van der Waals surface area contributed by atoms with Crippen LogP contribution in [0.15, 0.2) is 54.7 Å². The Labute approximate surface area is 280 Å². The van der Waals surface area contributed by atoms with E-state index in [4.69, 9.17) is 0 Å². The highest BCUT2D eigenvalue weighted by molar-refractivity contribution is 6.05. The number of nitrogens with one attached hydrogen (secondary N) is 3. The first-order valence-electron chi connectivity index (χ1n) is 17.2. The quantitative estimate of drug-likeness (QED) is 0.255. The zero-order chi connectivity index (χ0) is 33.3. The molecule has 4 aliphatic rings. The van der Waals surface area contributed by atoms with Gasteiger partial charge in [0, 0.05) is 75.7 Å². The second-order valence-electron chi connectivity index (χ2n) is 13.4. The van der Waals surface area contributed by atoms with Gasteiger partial charge in [-0.2, -0.15) is 4.98 Å². The maximum atomic E-state index is 13.1. The normalized spacial score (nSPS) is 21.6. The largest absolute Gasteiger partial charge is 0.385 e. The average Bonchev–Trinajstić information content (AvgIpc) is 3.42. The van der Waals surface area contributed by atoms with E-state index in [1.807, 2.05) is 18.2 Å². The number of benzene rings is 2. The molecule has 3 aromatic rings. The number of aromatic nitrogens is 2. The van der Waals surface area contributed by atoms with Crippen LogP contribution in [0.2, 0.25) is 0 Å². The van der Waals surface area contributed by atoms with E-state index in [2.05, 4.69) is 66.9 Å². The summed E-state index contributed by atoms with van der Waals surface area (Å²) in [5, 5.41) is 20.8. The molecule has 0 radical (unpaired) electrons. The Morgan fingerprint density at radius 3 is 2.48 bits per heavy atom. The van der Waals surface area contributed by atoms with Gasteiger partial charge in [0.25, 0.3) is 5.91 Å². The van der Waals surface area contributed by atoms with Gasteiger partial charge in [-0.05, 0) is 80.0 Å². The Hall–Kier alpha value is -4.55. The van der Waals surface area contributed by atoms with E-state index >= 15 is 0 Å². The van der Waals surface area contributed by atoms with Gasteiger partial charge in [-0.1, -0.05) is 24.3 Å². The molecule has 1 atom stereocenters. The minimum atomic E-state index is -0.969. The highest BCUT2D eigenvalue weighted by Gasteiger charge is 2.41. The number of carbonyl (C=O) groups is 3. The minimum absolute atomic E-state index is 0.197. The van der Waals surface area contributed by atoms with Crippen molar-refractivity contribution in [2.24, 2.45) is 0 Å². The standard InChI is InChI=1S/C36H44N8O4/c1-2-37-31-11-16-38-35(40-31)39-27-12-17-43(18-13-27)28-6-3-24(4-7-28)22-42-19-14-36(48,15-20-42)26-5-8-29-25(21-26)23-44(34(29)47)30-9-10-32(45)41-33(30)46/h3-8,11,16,21,27,30,48H,2,9-10,12-15,17-20,22-23H2,1H3,(H,41,45,46)(H2,37,38,39,40). The second kappa shape index (κ2) is 13.5. The van der Waals surface area contributed by atoms with Crippen molar-refractivity contribution in [2.75, 3.05) is 48.3 Å². The molecule has 0 spiro atoms. The summed E-state index contributed by atoms with van der Waals surface area (Å²) in [5.74, 6) is 0.603. The number of hydrogen-bond acceptors (Lipinski definition) is 10. The van der Waals surface area contributed by atoms with Gasteiger partial charge in [0.1, 0.15) is 11.9 Å². The molecule has 2 aromatic carbocycles. The maximum Gasteiger partial charge on any atom is 0.255 e. The number of carbonyl (C=O) groups excluding carboxylic acids is 3. The molecule has 7 rings (SSSR count). The molecular weight excluding hydrogens is 608 g/mol. The Bertz CT molecular complexity index is 1660. The van der Waals surface area contributed by atoms with Crippen molar-refractivity contribution in [3.63, 3.8) is 0 Å². The molecule has 0 aliphatic carbocycles. The lowest BCUT2D eigenvalue weighted by Gasteiger charge is -2.39. The van der Waals surface area contributed by atoms with E-state index in [1.165, 1.54) is 11.3 Å². The summed E-state index contributed by atoms with van der Waals surface area (Å²) in [6.45, 7) is 7.48. The number of rotatable bonds is 9. The van der Waals surface area contributed by atoms with Crippen molar-refractivity contribution in [1.82, 2.24) is 25.1 Å². The molecule has 4 aliphatic heterocycles. The van der Waals surface area contributed by atoms with E-state index in [0.717, 1.165) is 69.1 Å². The van der Waals surface area contributed by atoms with Gasteiger partial charge in [-0.25, -0.2) is 4.98 Å². The van der Waals surface area contributed by atoms with Crippen molar-refractivity contribution in [1.29, 1.82) is 0 Å². The van der Waals surface area contributed by atoms with Gasteiger partial charge in [0.15, 0.2) is 0 Å². The molecule has 0 bridgehead atoms. The van der Waals surface area contributed by atoms with Crippen molar-refractivity contribution in [3.05, 3.63) is 77.0 Å². The predicted molar refractivity (Wildman–Crippen MR) is 182 cm³/mol. The van der Waals surface area contributed by atoms with E-state index in [1.54, 1.807) is 17.2 Å². The first kappa shape index (κ1) is 32.0. The smallest absolute Gasteiger partial charge is 0.255 e. The fourth-order valence-corrected chi connectivity index (χ4v) is 7.48. The van der Waals surface area contributed by atoms with E-state index < -0.39 is 17.6 Å². The van der Waals surface area contributed by atoms with Gasteiger partial charge < -0.3 is 25.5 Å². The number of fused-ring (bicyclic) bond motifs is 1. The van der Waals surface area contributed by atoms with E-state index in [9.17, 15) is 19.5 Å². The highest BCUT2D eigenvalue weighted by Crippen LogP contribution is 2.37. The number of nitrogens with zero attached hydrogens (tertiary/aromatic N) is 5. The third kappa shape index (κ3) is 6.72. The van der Waals surface area contributed by atoms with Crippen molar-refractivity contribution in [2.45, 2.75) is 76.2 Å². The van der Waals surface area contributed by atoms with Crippen LogP contribution in [0, 0.1) is 0 Å². The third-order valence-electron chi connectivity index (χ3n) is 10.3.